The molecule has 1 N–H and O–H groups in total. The van der Waals surface area contributed by atoms with Crippen LogP contribution in [-0.4, -0.2) is 22.4 Å². The lowest BCUT2D eigenvalue weighted by atomic mass is 10.1. The van der Waals surface area contributed by atoms with E-state index in [0.717, 1.165) is 31.9 Å². The van der Waals surface area contributed by atoms with E-state index in [0.29, 0.717) is 6.04 Å². The van der Waals surface area contributed by atoms with E-state index in [1.807, 2.05) is 10.9 Å². The zero-order valence-corrected chi connectivity index (χ0v) is 12.1. The number of rotatable bonds is 5. The van der Waals surface area contributed by atoms with Crippen LogP contribution in [0, 0.1) is 6.92 Å². The summed E-state index contributed by atoms with van der Waals surface area (Å²) in [6.07, 6.45) is 5.00. The highest BCUT2D eigenvalue weighted by molar-refractivity contribution is 5.39. The Kier molecular flexibility index (Phi) is 3.74. The van der Waals surface area contributed by atoms with Crippen LogP contribution in [0.4, 0.5) is 0 Å². The van der Waals surface area contributed by atoms with E-state index >= 15 is 0 Å². The van der Waals surface area contributed by atoms with Crippen molar-refractivity contribution in [2.24, 2.45) is 0 Å². The van der Waals surface area contributed by atoms with Gasteiger partial charge in [0.1, 0.15) is 5.75 Å². The number of ether oxygens (including phenoxy) is 1. The summed E-state index contributed by atoms with van der Waals surface area (Å²) in [6, 6.07) is 6.86. The largest absolute Gasteiger partial charge is 0.493 e. The molecule has 0 bridgehead atoms. The number of nitrogens with one attached hydrogen (secondary N) is 1. The number of fused-ring (bicyclic) bond motifs is 1. The van der Waals surface area contributed by atoms with Gasteiger partial charge >= 0.3 is 0 Å². The molecular weight excluding hydrogens is 250 g/mol. The summed E-state index contributed by atoms with van der Waals surface area (Å²) in [5, 5.41) is 7.86. The molecular formula is C16H21N3O. The summed E-state index contributed by atoms with van der Waals surface area (Å²) >= 11 is 0. The second-order valence-electron chi connectivity index (χ2n) is 5.56. The predicted octanol–water partition coefficient (Wildman–Crippen LogP) is 2.30. The van der Waals surface area contributed by atoms with Crippen LogP contribution in [0.2, 0.25) is 0 Å². The monoisotopic (exact) mass is 271 g/mol. The molecule has 2 aromatic rings. The maximum Gasteiger partial charge on any atom is 0.122 e. The molecule has 0 unspecified atom stereocenters. The van der Waals surface area contributed by atoms with Crippen molar-refractivity contribution < 1.29 is 4.74 Å². The molecule has 2 heterocycles. The number of benzene rings is 1. The zero-order valence-electron chi connectivity index (χ0n) is 12.1. The third-order valence-electron chi connectivity index (χ3n) is 3.63. The normalized spacial score (nSPS) is 14.9. The minimum absolute atomic E-state index is 0.388. The van der Waals surface area contributed by atoms with Crippen LogP contribution < -0.4 is 10.1 Å². The molecule has 4 nitrogen and oxygen atoms in total. The van der Waals surface area contributed by atoms with Gasteiger partial charge in [0, 0.05) is 25.2 Å². The smallest absolute Gasteiger partial charge is 0.122 e. The van der Waals surface area contributed by atoms with Gasteiger partial charge in [-0.3, -0.25) is 4.68 Å². The summed E-state index contributed by atoms with van der Waals surface area (Å²) in [5.41, 5.74) is 3.85. The first-order valence-electron chi connectivity index (χ1n) is 7.18. The lowest BCUT2D eigenvalue weighted by Crippen LogP contribution is -2.30. The third kappa shape index (κ3) is 3.02. The number of aryl methyl sites for hydroxylation is 1. The lowest BCUT2D eigenvalue weighted by Gasteiger charge is -2.14. The van der Waals surface area contributed by atoms with E-state index in [4.69, 9.17) is 4.74 Å². The standard InChI is InChI=1S/C16H21N3O/c1-12-8-18-19(10-12)11-13(2)17-9-14-3-4-16-15(7-14)5-6-20-16/h3-4,7-8,10,13,17H,5-6,9,11H2,1-2H3/t13-/m1/s1. The van der Waals surface area contributed by atoms with Crippen LogP contribution in [0.15, 0.2) is 30.6 Å². The van der Waals surface area contributed by atoms with Crippen molar-refractivity contribution in [1.82, 2.24) is 15.1 Å². The van der Waals surface area contributed by atoms with Crippen molar-refractivity contribution in [2.45, 2.75) is 39.4 Å². The molecule has 0 radical (unpaired) electrons. The molecule has 4 heteroatoms. The number of aromatic nitrogens is 2. The molecule has 1 aromatic heterocycles. The number of hydrogen-bond donors (Lipinski definition) is 1. The Labute approximate surface area is 119 Å². The molecule has 0 spiro atoms. The molecule has 106 valence electrons. The summed E-state index contributed by atoms with van der Waals surface area (Å²) in [6.45, 7) is 6.85. The van der Waals surface area contributed by atoms with Gasteiger partial charge in [-0.2, -0.15) is 5.10 Å². The maximum atomic E-state index is 5.53. The summed E-state index contributed by atoms with van der Waals surface area (Å²) in [5.74, 6) is 1.05. The lowest BCUT2D eigenvalue weighted by molar-refractivity contribution is 0.357. The Morgan fingerprint density at radius 2 is 2.35 bits per heavy atom. The Morgan fingerprint density at radius 3 is 3.15 bits per heavy atom. The van der Waals surface area contributed by atoms with Crippen LogP contribution in [0.1, 0.15) is 23.6 Å². The fourth-order valence-corrected chi connectivity index (χ4v) is 2.55. The SMILES string of the molecule is Cc1cnn(C[C@@H](C)NCc2ccc3c(c2)CCO3)c1. The topological polar surface area (TPSA) is 39.1 Å². The van der Waals surface area contributed by atoms with E-state index in [1.54, 1.807) is 0 Å². The minimum Gasteiger partial charge on any atom is -0.493 e. The average Bonchev–Trinajstić information content (AvgIpc) is 3.04. The van der Waals surface area contributed by atoms with E-state index < -0.39 is 0 Å². The molecule has 0 amide bonds. The number of nitrogens with zero attached hydrogens (tertiary/aromatic N) is 2. The molecule has 1 aliphatic heterocycles. The zero-order chi connectivity index (χ0) is 13.9. The van der Waals surface area contributed by atoms with Gasteiger partial charge in [-0.25, -0.2) is 0 Å². The predicted molar refractivity (Wildman–Crippen MR) is 78.9 cm³/mol. The van der Waals surface area contributed by atoms with Gasteiger partial charge < -0.3 is 10.1 Å². The summed E-state index contributed by atoms with van der Waals surface area (Å²) < 4.78 is 7.52. The fraction of sp³-hybridized carbons (Fsp3) is 0.438. The quantitative estimate of drug-likeness (QED) is 0.907. The van der Waals surface area contributed by atoms with Crippen LogP contribution in [-0.2, 0) is 19.5 Å². The highest BCUT2D eigenvalue weighted by atomic mass is 16.5. The Hall–Kier alpha value is -1.81. The van der Waals surface area contributed by atoms with Crippen molar-refractivity contribution in [1.29, 1.82) is 0 Å². The first-order chi connectivity index (χ1) is 9.70. The molecule has 0 saturated carbocycles. The number of hydrogen-bond acceptors (Lipinski definition) is 3. The summed E-state index contributed by atoms with van der Waals surface area (Å²) in [7, 11) is 0. The van der Waals surface area contributed by atoms with Crippen molar-refractivity contribution in [2.75, 3.05) is 6.61 Å². The van der Waals surface area contributed by atoms with Gasteiger partial charge in [0.05, 0.1) is 19.3 Å². The van der Waals surface area contributed by atoms with Crippen LogP contribution in [0.5, 0.6) is 5.75 Å². The first-order valence-corrected chi connectivity index (χ1v) is 7.18. The van der Waals surface area contributed by atoms with Gasteiger partial charge in [-0.05, 0) is 36.6 Å². The van der Waals surface area contributed by atoms with E-state index in [-0.39, 0.29) is 0 Å². The molecule has 0 saturated heterocycles. The van der Waals surface area contributed by atoms with Crippen LogP contribution >= 0.6 is 0 Å². The molecule has 0 fully saturated rings. The highest BCUT2D eigenvalue weighted by Gasteiger charge is 2.12. The van der Waals surface area contributed by atoms with Crippen molar-refractivity contribution in [3.63, 3.8) is 0 Å². The summed E-state index contributed by atoms with van der Waals surface area (Å²) in [4.78, 5) is 0. The molecule has 1 aromatic carbocycles. The Bertz CT molecular complexity index is 591. The molecule has 1 aliphatic rings. The van der Waals surface area contributed by atoms with Gasteiger partial charge in [-0.15, -0.1) is 0 Å². The van der Waals surface area contributed by atoms with Crippen molar-refractivity contribution >= 4 is 0 Å². The van der Waals surface area contributed by atoms with Crippen LogP contribution in [0.3, 0.4) is 0 Å². The van der Waals surface area contributed by atoms with E-state index in [1.165, 1.54) is 16.7 Å². The molecule has 0 aliphatic carbocycles. The second-order valence-corrected chi connectivity index (χ2v) is 5.56. The third-order valence-corrected chi connectivity index (χ3v) is 3.63. The minimum atomic E-state index is 0.388. The fourth-order valence-electron chi connectivity index (χ4n) is 2.55. The Balaban J connectivity index is 1.53. The molecule has 1 atom stereocenters. The first kappa shape index (κ1) is 13.2. The van der Waals surface area contributed by atoms with Crippen LogP contribution in [0.25, 0.3) is 0 Å². The molecule has 3 rings (SSSR count). The average molecular weight is 271 g/mol. The van der Waals surface area contributed by atoms with Gasteiger partial charge in [0.2, 0.25) is 0 Å². The second kappa shape index (κ2) is 5.67. The molecule has 20 heavy (non-hydrogen) atoms. The highest BCUT2D eigenvalue weighted by Crippen LogP contribution is 2.25. The van der Waals surface area contributed by atoms with Gasteiger partial charge in [-0.1, -0.05) is 12.1 Å². The van der Waals surface area contributed by atoms with Gasteiger partial charge in [0.25, 0.3) is 0 Å². The Morgan fingerprint density at radius 1 is 1.45 bits per heavy atom. The maximum absolute atomic E-state index is 5.53. The van der Waals surface area contributed by atoms with Crippen molar-refractivity contribution in [3.8, 4) is 5.75 Å². The van der Waals surface area contributed by atoms with Crippen molar-refractivity contribution in [3.05, 3.63) is 47.3 Å². The van der Waals surface area contributed by atoms with E-state index in [9.17, 15) is 0 Å². The van der Waals surface area contributed by atoms with E-state index in [2.05, 4.69) is 48.7 Å². The van der Waals surface area contributed by atoms with Gasteiger partial charge in [0.15, 0.2) is 0 Å².